The Morgan fingerprint density at radius 2 is 1.90 bits per heavy atom. The maximum atomic E-state index is 15.0. The Labute approximate surface area is 235 Å². The molecule has 1 saturated heterocycles. The first kappa shape index (κ1) is 29.1. The van der Waals surface area contributed by atoms with Crippen molar-refractivity contribution in [3.8, 4) is 0 Å². The molecule has 1 saturated carbocycles. The summed E-state index contributed by atoms with van der Waals surface area (Å²) in [6.07, 6.45) is -0.305. The second-order valence-electron chi connectivity index (χ2n) is 10.7. The minimum Gasteiger partial charge on any atom is -0.455 e. The summed E-state index contributed by atoms with van der Waals surface area (Å²) in [5.74, 6) is -0.989. The lowest BCUT2D eigenvalue weighted by atomic mass is 10.00. The molecular weight excluding hydrogens is 546 g/mol. The lowest BCUT2D eigenvalue weighted by Crippen LogP contribution is -2.53. The Balaban J connectivity index is 1.59. The molecule has 3 aliphatic rings. The van der Waals surface area contributed by atoms with E-state index in [4.69, 9.17) is 14.2 Å². The molecule has 0 radical (unpaired) electrons. The van der Waals surface area contributed by atoms with Gasteiger partial charge in [0, 0.05) is 18.2 Å². The third-order valence-electron chi connectivity index (χ3n) is 7.65. The number of hydrogen-bond donors (Lipinski definition) is 2. The highest BCUT2D eigenvalue weighted by molar-refractivity contribution is 5.85. The number of amides is 1. The molecule has 1 aliphatic carbocycles. The minimum atomic E-state index is -2.98. The van der Waals surface area contributed by atoms with E-state index >= 15 is 4.39 Å². The van der Waals surface area contributed by atoms with E-state index in [-0.39, 0.29) is 34.5 Å². The van der Waals surface area contributed by atoms with Gasteiger partial charge in [0.1, 0.15) is 42.7 Å². The van der Waals surface area contributed by atoms with Crippen LogP contribution in [0.15, 0.2) is 30.7 Å². The van der Waals surface area contributed by atoms with Crippen LogP contribution in [-0.4, -0.2) is 58.8 Å². The van der Waals surface area contributed by atoms with Crippen molar-refractivity contribution in [3.05, 3.63) is 64.7 Å². The summed E-state index contributed by atoms with van der Waals surface area (Å²) in [4.78, 5) is 25.0. The molecule has 5 rings (SSSR count). The van der Waals surface area contributed by atoms with Crippen LogP contribution in [-0.2, 0) is 19.0 Å². The highest BCUT2D eigenvalue weighted by Crippen LogP contribution is 2.41. The maximum Gasteiger partial charge on any atom is 0.271 e. The summed E-state index contributed by atoms with van der Waals surface area (Å²) in [5.41, 5.74) is -1.06. The van der Waals surface area contributed by atoms with Gasteiger partial charge < -0.3 is 24.8 Å². The molecule has 1 unspecified atom stereocenters. The summed E-state index contributed by atoms with van der Waals surface area (Å²) < 4.78 is 72.6. The number of aromatic nitrogens is 2. The van der Waals surface area contributed by atoms with Gasteiger partial charge in [-0.15, -0.1) is 0 Å². The van der Waals surface area contributed by atoms with Gasteiger partial charge >= 0.3 is 0 Å². The zero-order valence-corrected chi connectivity index (χ0v) is 23.0. The Kier molecular flexibility index (Phi) is 8.37. The summed E-state index contributed by atoms with van der Waals surface area (Å²) >= 11 is 0. The van der Waals surface area contributed by atoms with Gasteiger partial charge in [-0.3, -0.25) is 9.69 Å². The average Bonchev–Trinajstić information content (AvgIpc) is 3.49. The quantitative estimate of drug-likeness (QED) is 0.383. The number of hydrogen-bond acceptors (Lipinski definition) is 8. The number of carbonyl (C=O) groups is 1. The first-order chi connectivity index (χ1) is 19.6. The van der Waals surface area contributed by atoms with Crippen molar-refractivity contribution in [2.24, 2.45) is 0 Å². The molecule has 1 amide bonds. The molecule has 0 bridgehead atoms. The van der Waals surface area contributed by atoms with Gasteiger partial charge in [0.05, 0.1) is 41.6 Å². The average molecular weight is 580 g/mol. The van der Waals surface area contributed by atoms with E-state index in [0.717, 1.165) is 6.07 Å². The molecule has 9 nitrogen and oxygen atoms in total. The summed E-state index contributed by atoms with van der Waals surface area (Å²) in [5, 5.41) is 6.00. The minimum absolute atomic E-state index is 0.00710. The van der Waals surface area contributed by atoms with Gasteiger partial charge in [-0.2, -0.15) is 0 Å². The number of aryl methyl sites for hydroxylation is 1. The monoisotopic (exact) mass is 579 g/mol. The number of benzene rings is 1. The predicted molar refractivity (Wildman–Crippen MR) is 140 cm³/mol. The summed E-state index contributed by atoms with van der Waals surface area (Å²) in [6, 6.07) is 1.82. The van der Waals surface area contributed by atoms with Crippen LogP contribution in [0.2, 0.25) is 0 Å². The summed E-state index contributed by atoms with van der Waals surface area (Å²) in [7, 11) is 0. The van der Waals surface area contributed by atoms with Crippen molar-refractivity contribution in [2.45, 2.75) is 70.0 Å². The molecule has 41 heavy (non-hydrogen) atoms. The molecule has 2 fully saturated rings. The third kappa shape index (κ3) is 5.96. The number of nitrogens with zero attached hydrogens (tertiary/aromatic N) is 3. The molecule has 3 atom stereocenters. The van der Waals surface area contributed by atoms with Crippen molar-refractivity contribution < 1.29 is 36.6 Å². The van der Waals surface area contributed by atoms with Crippen LogP contribution < -0.4 is 10.6 Å². The van der Waals surface area contributed by atoms with Crippen LogP contribution in [0.25, 0.3) is 0 Å². The van der Waals surface area contributed by atoms with Crippen LogP contribution in [0.5, 0.6) is 0 Å². The lowest BCUT2D eigenvalue weighted by Gasteiger charge is -2.39. The number of alkyl halides is 3. The van der Waals surface area contributed by atoms with Gasteiger partial charge in [-0.1, -0.05) is 18.2 Å². The van der Waals surface area contributed by atoms with Crippen molar-refractivity contribution >= 4 is 11.7 Å². The Morgan fingerprint density at radius 3 is 2.54 bits per heavy atom. The zero-order chi connectivity index (χ0) is 29.3. The highest BCUT2D eigenvalue weighted by atomic mass is 19.3. The van der Waals surface area contributed by atoms with Gasteiger partial charge in [0.15, 0.2) is 0 Å². The standard InChI is InChI=1S/C28H33F4N5O4/c1-15-13-39-10-9-37(15)23(26(38)36-28(14-29)7-8-28)22-20(27-40-11-12-41-27)25(35-17(3)34-22)33-16(2)18-5-4-6-19(21(18)30)24(31)32/h4-6,11-12,15-16,23-24,27H,7-10,13-14H2,1-3H3,(H,36,38)(H,33,34,35)/t15-,16+,23?/m0/s1. The normalized spacial score (nSPS) is 21.7. The topological polar surface area (TPSA) is 97.8 Å². The number of nitrogens with one attached hydrogen (secondary N) is 2. The van der Waals surface area contributed by atoms with Crippen LogP contribution >= 0.6 is 0 Å². The van der Waals surface area contributed by atoms with E-state index in [1.54, 1.807) is 13.8 Å². The molecule has 3 heterocycles. The van der Waals surface area contributed by atoms with Crippen molar-refractivity contribution in [1.29, 1.82) is 0 Å². The maximum absolute atomic E-state index is 15.0. The van der Waals surface area contributed by atoms with Crippen LogP contribution in [0.3, 0.4) is 0 Å². The van der Waals surface area contributed by atoms with Crippen LogP contribution in [0.1, 0.15) is 79.7 Å². The number of morpholine rings is 1. The smallest absolute Gasteiger partial charge is 0.271 e. The fourth-order valence-corrected chi connectivity index (χ4v) is 5.21. The number of halogens is 4. The number of rotatable bonds is 10. The lowest BCUT2D eigenvalue weighted by molar-refractivity contribution is -0.132. The highest BCUT2D eigenvalue weighted by Gasteiger charge is 2.48. The van der Waals surface area contributed by atoms with E-state index in [0.29, 0.717) is 32.6 Å². The second-order valence-corrected chi connectivity index (χ2v) is 10.7. The van der Waals surface area contributed by atoms with E-state index < -0.39 is 54.3 Å². The SMILES string of the molecule is Cc1nc(N[C@H](C)c2cccc(C(F)F)c2F)c(C2OC=CO2)c(C(C(=O)NC2(CF)CC2)N2CCOC[C@@H]2C)n1. The van der Waals surface area contributed by atoms with Crippen molar-refractivity contribution in [2.75, 3.05) is 31.7 Å². The number of anilines is 1. The molecular formula is C28H33F4N5O4. The number of ether oxygens (including phenoxy) is 3. The molecule has 2 aliphatic heterocycles. The molecule has 1 aromatic heterocycles. The van der Waals surface area contributed by atoms with Crippen LogP contribution in [0, 0.1) is 12.7 Å². The predicted octanol–water partition coefficient (Wildman–Crippen LogP) is 4.93. The van der Waals surface area contributed by atoms with Gasteiger partial charge in [-0.25, -0.2) is 27.5 Å². The fourth-order valence-electron chi connectivity index (χ4n) is 5.21. The van der Waals surface area contributed by atoms with Gasteiger partial charge in [-0.05, 0) is 33.6 Å². The van der Waals surface area contributed by atoms with E-state index in [9.17, 15) is 18.0 Å². The Bertz CT molecular complexity index is 1300. The van der Waals surface area contributed by atoms with E-state index in [2.05, 4.69) is 20.6 Å². The van der Waals surface area contributed by atoms with Gasteiger partial charge in [0.2, 0.25) is 5.91 Å². The van der Waals surface area contributed by atoms with Gasteiger partial charge in [0.25, 0.3) is 12.7 Å². The van der Waals surface area contributed by atoms with Crippen LogP contribution in [0.4, 0.5) is 23.4 Å². The molecule has 222 valence electrons. The Morgan fingerprint density at radius 1 is 1.20 bits per heavy atom. The molecule has 1 aromatic carbocycles. The second kappa shape index (κ2) is 11.8. The largest absolute Gasteiger partial charge is 0.455 e. The van der Waals surface area contributed by atoms with E-state index in [1.165, 1.54) is 24.7 Å². The summed E-state index contributed by atoms with van der Waals surface area (Å²) in [6.45, 7) is 5.62. The molecule has 2 aromatic rings. The van der Waals surface area contributed by atoms with Crippen molar-refractivity contribution in [3.63, 3.8) is 0 Å². The first-order valence-electron chi connectivity index (χ1n) is 13.5. The Hall–Kier alpha value is -3.45. The third-order valence-corrected chi connectivity index (χ3v) is 7.65. The number of carbonyl (C=O) groups excluding carboxylic acids is 1. The zero-order valence-electron chi connectivity index (χ0n) is 23.0. The van der Waals surface area contributed by atoms with E-state index in [1.807, 2.05) is 11.8 Å². The molecule has 13 heteroatoms. The van der Waals surface area contributed by atoms with Crippen molar-refractivity contribution in [1.82, 2.24) is 20.2 Å². The first-order valence-corrected chi connectivity index (χ1v) is 13.5. The molecule has 2 N–H and O–H groups in total. The fraction of sp³-hybridized carbons (Fsp3) is 0.536. The molecule has 0 spiro atoms.